The summed E-state index contributed by atoms with van der Waals surface area (Å²) in [5.41, 5.74) is 0.124. The lowest BCUT2D eigenvalue weighted by molar-refractivity contribution is -0.152. The fraction of sp³-hybridized carbons (Fsp3) is 0.556. The van der Waals surface area contributed by atoms with Crippen LogP contribution in [-0.2, 0) is 14.3 Å². The number of methoxy groups -OCH3 is 1. The lowest BCUT2D eigenvalue weighted by atomic mass is 9.89. The molecule has 0 bridgehead atoms. The Morgan fingerprint density at radius 1 is 1.38 bits per heavy atom. The summed E-state index contributed by atoms with van der Waals surface area (Å²) in [6, 6.07) is 9.50. The van der Waals surface area contributed by atoms with Gasteiger partial charge in [-0.2, -0.15) is 0 Å². The number of ether oxygens (including phenoxy) is 1. The van der Waals surface area contributed by atoms with E-state index in [9.17, 15) is 9.59 Å². The highest BCUT2D eigenvalue weighted by Crippen LogP contribution is 2.46. The van der Waals surface area contributed by atoms with Crippen LogP contribution in [-0.4, -0.2) is 66.7 Å². The Kier molecular flexibility index (Phi) is 5.62. The first kappa shape index (κ1) is 18.4. The van der Waals surface area contributed by atoms with E-state index in [2.05, 4.69) is 0 Å². The molecule has 3 atom stereocenters. The van der Waals surface area contributed by atoms with Crippen LogP contribution in [0.2, 0.25) is 0 Å². The maximum Gasteiger partial charge on any atom is 0.326 e. The molecule has 132 valence electrons. The van der Waals surface area contributed by atoms with Crippen molar-refractivity contribution in [1.29, 1.82) is 0 Å². The van der Waals surface area contributed by atoms with E-state index in [4.69, 9.17) is 9.84 Å². The molecular weight excluding hydrogens is 308 g/mol. The molecule has 0 aliphatic carbocycles. The molecule has 24 heavy (non-hydrogen) atoms. The highest BCUT2D eigenvalue weighted by Gasteiger charge is 2.55. The van der Waals surface area contributed by atoms with E-state index in [1.54, 1.807) is 7.05 Å². The van der Waals surface area contributed by atoms with Crippen molar-refractivity contribution in [2.45, 2.75) is 24.9 Å². The van der Waals surface area contributed by atoms with Gasteiger partial charge in [0, 0.05) is 19.6 Å². The molecule has 0 spiro atoms. The van der Waals surface area contributed by atoms with Crippen LogP contribution in [0.3, 0.4) is 0 Å². The second-order valence-electron chi connectivity index (χ2n) is 6.53. The van der Waals surface area contributed by atoms with E-state index in [-0.39, 0.29) is 37.0 Å². The molecule has 0 radical (unpaired) electrons. The highest BCUT2D eigenvalue weighted by atomic mass is 16.5. The molecule has 1 aliphatic heterocycles. The molecule has 1 fully saturated rings. The third-order valence-electron chi connectivity index (χ3n) is 5.09. The van der Waals surface area contributed by atoms with Crippen LogP contribution in [0.4, 0.5) is 0 Å². The number of likely N-dealkylation sites (N-methyl/N-ethyl adjacent to an activating group) is 2. The summed E-state index contributed by atoms with van der Waals surface area (Å²) in [5.74, 6) is -0.790. The standard InChI is InChI=1S/C18H26N2O4/c1-18(17(23)24-4)12-14(16(22)19(2)10-11-21)15(20(18)3)13-8-6-5-7-9-13/h5-9,14-15,21H,10-12H2,1-4H3/t14-,15-,18-/m0/s1. The number of aliphatic hydroxyl groups excluding tert-OH is 1. The normalized spacial score (nSPS) is 27.0. The summed E-state index contributed by atoms with van der Waals surface area (Å²) in [7, 11) is 4.90. The maximum absolute atomic E-state index is 12.9. The molecule has 6 heteroatoms. The summed E-state index contributed by atoms with van der Waals surface area (Å²) in [5, 5.41) is 9.11. The van der Waals surface area contributed by atoms with Gasteiger partial charge in [0.1, 0.15) is 5.54 Å². The van der Waals surface area contributed by atoms with Gasteiger partial charge >= 0.3 is 5.97 Å². The average molecular weight is 334 g/mol. The quantitative estimate of drug-likeness (QED) is 0.816. The lowest BCUT2D eigenvalue weighted by Crippen LogP contribution is -2.47. The molecule has 1 aliphatic rings. The largest absolute Gasteiger partial charge is 0.468 e. The van der Waals surface area contributed by atoms with Crippen molar-refractivity contribution >= 4 is 11.9 Å². The Morgan fingerprint density at radius 3 is 2.54 bits per heavy atom. The van der Waals surface area contributed by atoms with Crippen molar-refractivity contribution in [2.24, 2.45) is 5.92 Å². The Balaban J connectivity index is 2.42. The predicted molar refractivity (Wildman–Crippen MR) is 90.2 cm³/mol. The molecule has 0 unspecified atom stereocenters. The molecule has 0 saturated carbocycles. The molecule has 2 rings (SSSR count). The monoisotopic (exact) mass is 334 g/mol. The molecule has 1 aromatic rings. The first-order valence-corrected chi connectivity index (χ1v) is 8.09. The van der Waals surface area contributed by atoms with Crippen LogP contribution in [0.15, 0.2) is 30.3 Å². The third kappa shape index (κ3) is 3.16. The number of nitrogens with zero attached hydrogens (tertiary/aromatic N) is 2. The smallest absolute Gasteiger partial charge is 0.326 e. The minimum atomic E-state index is -0.865. The molecule has 1 heterocycles. The van der Waals surface area contributed by atoms with Crippen LogP contribution >= 0.6 is 0 Å². The second-order valence-corrected chi connectivity index (χ2v) is 6.53. The van der Waals surface area contributed by atoms with Gasteiger partial charge in [-0.05, 0) is 26.0 Å². The van der Waals surface area contributed by atoms with Crippen LogP contribution < -0.4 is 0 Å². The van der Waals surface area contributed by atoms with Gasteiger partial charge in [-0.1, -0.05) is 30.3 Å². The molecule has 1 saturated heterocycles. The zero-order valence-electron chi connectivity index (χ0n) is 14.7. The van der Waals surface area contributed by atoms with Gasteiger partial charge in [0.05, 0.1) is 19.6 Å². The number of carbonyl (C=O) groups is 2. The summed E-state index contributed by atoms with van der Waals surface area (Å²) >= 11 is 0. The highest BCUT2D eigenvalue weighted by molar-refractivity contribution is 5.86. The van der Waals surface area contributed by atoms with Gasteiger partial charge < -0.3 is 14.7 Å². The predicted octanol–water partition coefficient (Wildman–Crippen LogP) is 1.06. The van der Waals surface area contributed by atoms with Crippen molar-refractivity contribution in [3.8, 4) is 0 Å². The topological polar surface area (TPSA) is 70.1 Å². The Morgan fingerprint density at radius 2 is 2.00 bits per heavy atom. The molecule has 0 aromatic heterocycles. The summed E-state index contributed by atoms with van der Waals surface area (Å²) in [4.78, 5) is 28.7. The Hall–Kier alpha value is -1.92. The second kappa shape index (κ2) is 7.32. The first-order valence-electron chi connectivity index (χ1n) is 8.09. The zero-order valence-corrected chi connectivity index (χ0v) is 14.7. The van der Waals surface area contributed by atoms with Crippen LogP contribution in [0, 0.1) is 5.92 Å². The third-order valence-corrected chi connectivity index (χ3v) is 5.09. The van der Waals surface area contributed by atoms with Gasteiger partial charge in [0.2, 0.25) is 5.91 Å². The number of rotatable bonds is 5. The van der Waals surface area contributed by atoms with Crippen LogP contribution in [0.5, 0.6) is 0 Å². The average Bonchev–Trinajstić information content (AvgIpc) is 2.87. The van der Waals surface area contributed by atoms with Gasteiger partial charge in [-0.25, -0.2) is 0 Å². The summed E-state index contributed by atoms with van der Waals surface area (Å²) < 4.78 is 4.98. The minimum absolute atomic E-state index is 0.0719. The Bertz CT molecular complexity index is 592. The van der Waals surface area contributed by atoms with E-state index >= 15 is 0 Å². The van der Waals surface area contributed by atoms with Gasteiger partial charge in [0.25, 0.3) is 0 Å². The summed E-state index contributed by atoms with van der Waals surface area (Å²) in [6.07, 6.45) is 0.379. The summed E-state index contributed by atoms with van der Waals surface area (Å²) in [6.45, 7) is 2.00. The number of hydrogen-bond donors (Lipinski definition) is 1. The van der Waals surface area contributed by atoms with Crippen molar-refractivity contribution < 1.29 is 19.4 Å². The van der Waals surface area contributed by atoms with Crippen molar-refractivity contribution in [2.75, 3.05) is 34.4 Å². The van der Waals surface area contributed by atoms with Crippen molar-refractivity contribution in [3.63, 3.8) is 0 Å². The number of amides is 1. The fourth-order valence-corrected chi connectivity index (χ4v) is 3.58. The van der Waals surface area contributed by atoms with Gasteiger partial charge in [0.15, 0.2) is 0 Å². The maximum atomic E-state index is 12.9. The van der Waals surface area contributed by atoms with Crippen molar-refractivity contribution in [3.05, 3.63) is 35.9 Å². The van der Waals surface area contributed by atoms with E-state index < -0.39 is 5.54 Å². The Labute approximate surface area is 143 Å². The fourth-order valence-electron chi connectivity index (χ4n) is 3.58. The molecule has 1 N–H and O–H groups in total. The van der Waals surface area contributed by atoms with Crippen molar-refractivity contribution in [1.82, 2.24) is 9.80 Å². The number of aliphatic hydroxyl groups is 1. The van der Waals surface area contributed by atoms with E-state index in [1.165, 1.54) is 12.0 Å². The van der Waals surface area contributed by atoms with Gasteiger partial charge in [-0.3, -0.25) is 14.5 Å². The number of hydrogen-bond acceptors (Lipinski definition) is 5. The van der Waals surface area contributed by atoms with Crippen LogP contribution in [0.25, 0.3) is 0 Å². The lowest BCUT2D eigenvalue weighted by Gasteiger charge is -2.33. The SMILES string of the molecule is COC(=O)[C@]1(C)C[C@H](C(=O)N(C)CCO)[C@H](c2ccccc2)N1C. The number of likely N-dealkylation sites (tertiary alicyclic amines) is 1. The molecule has 1 aromatic carbocycles. The molecule has 6 nitrogen and oxygen atoms in total. The van der Waals surface area contributed by atoms with E-state index in [0.717, 1.165) is 5.56 Å². The molecule has 1 amide bonds. The zero-order chi connectivity index (χ0) is 17.9. The van der Waals surface area contributed by atoms with E-state index in [0.29, 0.717) is 6.42 Å². The minimum Gasteiger partial charge on any atom is -0.468 e. The number of esters is 1. The van der Waals surface area contributed by atoms with E-state index in [1.807, 2.05) is 49.2 Å². The number of benzene rings is 1. The van der Waals surface area contributed by atoms with Crippen LogP contribution in [0.1, 0.15) is 24.9 Å². The van der Waals surface area contributed by atoms with Gasteiger partial charge in [-0.15, -0.1) is 0 Å². The first-order chi connectivity index (χ1) is 11.4. The molecular formula is C18H26N2O4. The number of carbonyl (C=O) groups excluding carboxylic acids is 2.